The van der Waals surface area contributed by atoms with E-state index in [0.29, 0.717) is 6.42 Å². The van der Waals surface area contributed by atoms with Crippen molar-refractivity contribution in [2.75, 3.05) is 7.11 Å². The third-order valence-corrected chi connectivity index (χ3v) is 4.97. The lowest BCUT2D eigenvalue weighted by Crippen LogP contribution is -2.60. The van der Waals surface area contributed by atoms with Gasteiger partial charge in [0.25, 0.3) is 0 Å². The van der Waals surface area contributed by atoms with Crippen molar-refractivity contribution in [1.82, 2.24) is 0 Å². The molecule has 4 rings (SSSR count). The molecular formula is C13H22ClNO2. The summed E-state index contributed by atoms with van der Waals surface area (Å²) in [6.45, 7) is 0. The van der Waals surface area contributed by atoms with E-state index in [-0.39, 0.29) is 29.3 Å². The minimum atomic E-state index is -0.0504. The molecule has 4 aliphatic rings. The van der Waals surface area contributed by atoms with E-state index in [1.165, 1.54) is 39.2 Å². The normalized spacial score (nSPS) is 46.5. The largest absolute Gasteiger partial charge is 0.469 e. The minimum absolute atomic E-state index is 0. The van der Waals surface area contributed by atoms with E-state index in [9.17, 15) is 4.79 Å². The fourth-order valence-corrected chi connectivity index (χ4v) is 5.11. The molecule has 17 heavy (non-hydrogen) atoms. The molecule has 2 N–H and O–H groups in total. The molecule has 4 heteroatoms. The van der Waals surface area contributed by atoms with Crippen molar-refractivity contribution in [1.29, 1.82) is 0 Å². The van der Waals surface area contributed by atoms with Crippen molar-refractivity contribution in [2.45, 2.75) is 50.5 Å². The van der Waals surface area contributed by atoms with Crippen LogP contribution in [0.5, 0.6) is 0 Å². The second-order valence-corrected chi connectivity index (χ2v) is 6.58. The van der Waals surface area contributed by atoms with Gasteiger partial charge in [-0.1, -0.05) is 0 Å². The first-order chi connectivity index (χ1) is 7.53. The SMILES string of the molecule is COC(=O)CC12CC3CC(CC(N)(C3)C1)C2.Cl. The van der Waals surface area contributed by atoms with Crippen LogP contribution in [0.3, 0.4) is 0 Å². The van der Waals surface area contributed by atoms with Gasteiger partial charge in [0.1, 0.15) is 0 Å². The van der Waals surface area contributed by atoms with Gasteiger partial charge < -0.3 is 10.5 Å². The van der Waals surface area contributed by atoms with Gasteiger partial charge in [-0.25, -0.2) is 0 Å². The van der Waals surface area contributed by atoms with Gasteiger partial charge in [0.15, 0.2) is 0 Å². The summed E-state index contributed by atoms with van der Waals surface area (Å²) in [7, 11) is 1.49. The van der Waals surface area contributed by atoms with Gasteiger partial charge in [-0.2, -0.15) is 0 Å². The molecule has 4 aliphatic carbocycles. The standard InChI is InChI=1S/C13H21NO2.ClH/c1-16-11(15)7-12-3-9-2-10(4-12)6-13(14,5-9)8-12;/h9-10H,2-8,14H2,1H3;1H. The summed E-state index contributed by atoms with van der Waals surface area (Å²) in [6, 6.07) is 0. The van der Waals surface area contributed by atoms with Gasteiger partial charge in [0.2, 0.25) is 0 Å². The van der Waals surface area contributed by atoms with E-state index in [1.807, 2.05) is 0 Å². The first kappa shape index (κ1) is 13.2. The fraction of sp³-hybridized carbons (Fsp3) is 0.923. The molecule has 2 atom stereocenters. The van der Waals surface area contributed by atoms with Gasteiger partial charge in [0.05, 0.1) is 13.5 Å². The maximum absolute atomic E-state index is 11.5. The predicted molar refractivity (Wildman–Crippen MR) is 67.9 cm³/mol. The molecule has 0 heterocycles. The van der Waals surface area contributed by atoms with Crippen molar-refractivity contribution < 1.29 is 9.53 Å². The van der Waals surface area contributed by atoms with Crippen LogP contribution in [0, 0.1) is 17.3 Å². The molecule has 4 bridgehead atoms. The number of nitrogens with two attached hydrogens (primary N) is 1. The maximum Gasteiger partial charge on any atom is 0.306 e. The Bertz CT molecular complexity index is 317. The highest BCUT2D eigenvalue weighted by atomic mass is 35.5. The Morgan fingerprint density at radius 1 is 1.29 bits per heavy atom. The van der Waals surface area contributed by atoms with Crippen LogP contribution in [0.25, 0.3) is 0 Å². The number of hydrogen-bond donors (Lipinski definition) is 1. The molecule has 0 amide bonds. The van der Waals surface area contributed by atoms with E-state index in [0.717, 1.165) is 18.3 Å². The van der Waals surface area contributed by atoms with Crippen molar-refractivity contribution >= 4 is 18.4 Å². The van der Waals surface area contributed by atoms with Gasteiger partial charge in [-0.05, 0) is 55.8 Å². The van der Waals surface area contributed by atoms with Crippen molar-refractivity contribution in [3.63, 3.8) is 0 Å². The molecule has 0 aromatic heterocycles. The van der Waals surface area contributed by atoms with Crippen LogP contribution in [0.4, 0.5) is 0 Å². The summed E-state index contributed by atoms with van der Waals surface area (Å²) in [6.07, 6.45) is 7.77. The van der Waals surface area contributed by atoms with Crippen LogP contribution in [-0.4, -0.2) is 18.6 Å². The lowest BCUT2D eigenvalue weighted by molar-refractivity contribution is -0.149. The Morgan fingerprint density at radius 2 is 1.88 bits per heavy atom. The molecule has 0 aromatic rings. The summed E-state index contributed by atoms with van der Waals surface area (Å²) in [5.74, 6) is 1.50. The highest BCUT2D eigenvalue weighted by Crippen LogP contribution is 2.62. The van der Waals surface area contributed by atoms with Gasteiger partial charge in [-0.3, -0.25) is 4.79 Å². The van der Waals surface area contributed by atoms with Crippen molar-refractivity contribution in [3.8, 4) is 0 Å². The van der Waals surface area contributed by atoms with Crippen molar-refractivity contribution in [2.24, 2.45) is 23.0 Å². The maximum atomic E-state index is 11.5. The molecule has 4 fully saturated rings. The number of ether oxygens (including phenoxy) is 1. The third kappa shape index (κ3) is 2.19. The minimum Gasteiger partial charge on any atom is -0.469 e. The zero-order valence-corrected chi connectivity index (χ0v) is 11.2. The molecule has 3 nitrogen and oxygen atoms in total. The molecular weight excluding hydrogens is 238 g/mol. The number of carbonyl (C=O) groups excluding carboxylic acids is 1. The average molecular weight is 260 g/mol. The molecule has 2 unspecified atom stereocenters. The van der Waals surface area contributed by atoms with Gasteiger partial charge in [0, 0.05) is 5.54 Å². The molecule has 0 aliphatic heterocycles. The summed E-state index contributed by atoms with van der Waals surface area (Å²) < 4.78 is 4.84. The van der Waals surface area contributed by atoms with Crippen LogP contribution in [0.15, 0.2) is 0 Å². The number of carbonyl (C=O) groups is 1. The summed E-state index contributed by atoms with van der Waals surface area (Å²) in [5.41, 5.74) is 6.70. The van der Waals surface area contributed by atoms with E-state index < -0.39 is 0 Å². The van der Waals surface area contributed by atoms with E-state index in [4.69, 9.17) is 10.5 Å². The monoisotopic (exact) mass is 259 g/mol. The summed E-state index contributed by atoms with van der Waals surface area (Å²) in [5, 5.41) is 0. The molecule has 0 saturated heterocycles. The predicted octanol–water partition coefficient (Wildman–Crippen LogP) is 2.27. The summed E-state index contributed by atoms with van der Waals surface area (Å²) in [4.78, 5) is 11.5. The average Bonchev–Trinajstić information content (AvgIpc) is 2.12. The quantitative estimate of drug-likeness (QED) is 0.774. The molecule has 0 aromatic carbocycles. The van der Waals surface area contributed by atoms with Crippen LogP contribution in [-0.2, 0) is 9.53 Å². The topological polar surface area (TPSA) is 52.3 Å². The first-order valence-electron chi connectivity index (χ1n) is 6.38. The Hall–Kier alpha value is -0.280. The van der Waals surface area contributed by atoms with Crippen LogP contribution in [0.2, 0.25) is 0 Å². The molecule has 98 valence electrons. The number of esters is 1. The van der Waals surface area contributed by atoms with E-state index in [2.05, 4.69) is 0 Å². The van der Waals surface area contributed by atoms with Gasteiger partial charge >= 0.3 is 5.97 Å². The number of methoxy groups -OCH3 is 1. The molecule has 4 saturated carbocycles. The zero-order chi connectivity index (χ0) is 11.4. The highest BCUT2D eigenvalue weighted by molar-refractivity contribution is 5.85. The highest BCUT2D eigenvalue weighted by Gasteiger charge is 2.56. The van der Waals surface area contributed by atoms with E-state index in [1.54, 1.807) is 0 Å². The van der Waals surface area contributed by atoms with E-state index >= 15 is 0 Å². The number of hydrogen-bond acceptors (Lipinski definition) is 3. The molecule has 0 spiro atoms. The fourth-order valence-electron chi connectivity index (χ4n) is 5.11. The Morgan fingerprint density at radius 3 is 2.35 bits per heavy atom. The van der Waals surface area contributed by atoms with Gasteiger partial charge in [-0.15, -0.1) is 12.4 Å². The number of halogens is 1. The van der Waals surface area contributed by atoms with Crippen LogP contribution < -0.4 is 5.73 Å². The Balaban J connectivity index is 0.00000108. The van der Waals surface area contributed by atoms with Crippen LogP contribution in [0.1, 0.15) is 44.9 Å². The van der Waals surface area contributed by atoms with Crippen molar-refractivity contribution in [3.05, 3.63) is 0 Å². The first-order valence-corrected chi connectivity index (χ1v) is 6.38. The smallest absolute Gasteiger partial charge is 0.306 e. The summed E-state index contributed by atoms with van der Waals surface area (Å²) >= 11 is 0. The lowest BCUT2D eigenvalue weighted by Gasteiger charge is -2.60. The lowest BCUT2D eigenvalue weighted by atomic mass is 9.46. The second kappa shape index (κ2) is 4.13. The third-order valence-electron chi connectivity index (χ3n) is 4.97. The Labute approximate surface area is 109 Å². The zero-order valence-electron chi connectivity index (χ0n) is 10.4. The molecule has 0 radical (unpaired) electrons. The Kier molecular flexibility index (Phi) is 3.20. The number of rotatable bonds is 2. The second-order valence-electron chi connectivity index (χ2n) is 6.58. The van der Waals surface area contributed by atoms with Crippen LogP contribution >= 0.6 is 12.4 Å².